The van der Waals surface area contributed by atoms with Gasteiger partial charge in [0.15, 0.2) is 0 Å². The van der Waals surface area contributed by atoms with Crippen LogP contribution in [0.2, 0.25) is 0 Å². The molecule has 1 amide bonds. The van der Waals surface area contributed by atoms with E-state index in [0.717, 1.165) is 38.5 Å². The lowest BCUT2D eigenvalue weighted by atomic mass is 9.93. The summed E-state index contributed by atoms with van der Waals surface area (Å²) in [6.07, 6.45) is 4.59. The first-order chi connectivity index (χ1) is 12.1. The summed E-state index contributed by atoms with van der Waals surface area (Å²) in [5.74, 6) is 1.55. The quantitative estimate of drug-likeness (QED) is 0.723. The molecule has 4 nitrogen and oxygen atoms in total. The van der Waals surface area contributed by atoms with E-state index in [1.54, 1.807) is 0 Å². The van der Waals surface area contributed by atoms with Crippen molar-refractivity contribution in [2.45, 2.75) is 45.4 Å². The van der Waals surface area contributed by atoms with Gasteiger partial charge in [0, 0.05) is 6.54 Å². The molecule has 0 bridgehead atoms. The van der Waals surface area contributed by atoms with E-state index in [9.17, 15) is 4.79 Å². The maximum Gasteiger partial charge on any atom is 0.234 e. The van der Waals surface area contributed by atoms with Crippen LogP contribution in [0.3, 0.4) is 0 Å². The van der Waals surface area contributed by atoms with Crippen molar-refractivity contribution in [2.24, 2.45) is 5.92 Å². The van der Waals surface area contributed by atoms with Gasteiger partial charge in [-0.25, -0.2) is 0 Å². The molecule has 0 atom stereocenters. The Bertz CT molecular complexity index is 504. The molecule has 0 spiro atoms. The number of benzene rings is 1. The predicted molar refractivity (Wildman–Crippen MR) is 105 cm³/mol. The largest absolute Gasteiger partial charge is 0.355 e. The van der Waals surface area contributed by atoms with E-state index in [1.807, 2.05) is 7.05 Å². The number of hydrogen-bond donors (Lipinski definition) is 2. The fraction of sp³-hybridized carbons (Fsp3) is 0.667. The standard InChI is InChI=1S/C21H35N3O/c1-17(2)20-6-4-18(5-7-20)9-13-23-21(25)16-24-14-10-19(11-15-24)8-12-22-3/h4-7,17,19,22H,8-16H2,1-3H3,(H,23,25). The summed E-state index contributed by atoms with van der Waals surface area (Å²) in [6.45, 7) is 8.89. The number of nitrogens with zero attached hydrogens (tertiary/aromatic N) is 1. The van der Waals surface area contributed by atoms with Crippen LogP contribution in [0.15, 0.2) is 24.3 Å². The van der Waals surface area contributed by atoms with Gasteiger partial charge in [0.2, 0.25) is 5.91 Å². The molecule has 2 rings (SSSR count). The van der Waals surface area contributed by atoms with E-state index in [1.165, 1.54) is 30.4 Å². The Hall–Kier alpha value is -1.39. The van der Waals surface area contributed by atoms with Crippen molar-refractivity contribution in [3.63, 3.8) is 0 Å². The van der Waals surface area contributed by atoms with Crippen LogP contribution >= 0.6 is 0 Å². The van der Waals surface area contributed by atoms with Gasteiger partial charge in [0.1, 0.15) is 0 Å². The summed E-state index contributed by atoms with van der Waals surface area (Å²) >= 11 is 0. The van der Waals surface area contributed by atoms with Crippen LogP contribution in [0.4, 0.5) is 0 Å². The predicted octanol–water partition coefficient (Wildman–Crippen LogP) is 2.79. The molecule has 1 aliphatic heterocycles. The number of likely N-dealkylation sites (tertiary alicyclic amines) is 1. The van der Waals surface area contributed by atoms with E-state index in [0.29, 0.717) is 12.5 Å². The van der Waals surface area contributed by atoms with Gasteiger partial charge in [-0.15, -0.1) is 0 Å². The molecule has 0 aromatic heterocycles. The normalized spacial score (nSPS) is 16.3. The first kappa shape index (κ1) is 19.9. The molecule has 1 heterocycles. The third kappa shape index (κ3) is 7.17. The minimum absolute atomic E-state index is 0.160. The van der Waals surface area contributed by atoms with Crippen molar-refractivity contribution in [1.82, 2.24) is 15.5 Å². The van der Waals surface area contributed by atoms with Crippen molar-refractivity contribution in [3.05, 3.63) is 35.4 Å². The van der Waals surface area contributed by atoms with E-state index in [2.05, 4.69) is 53.6 Å². The molecule has 0 radical (unpaired) electrons. The summed E-state index contributed by atoms with van der Waals surface area (Å²) in [7, 11) is 2.01. The van der Waals surface area contributed by atoms with Gasteiger partial charge in [-0.3, -0.25) is 9.69 Å². The van der Waals surface area contributed by atoms with E-state index < -0.39 is 0 Å². The number of piperidine rings is 1. The fourth-order valence-electron chi connectivity index (χ4n) is 3.46. The molecule has 140 valence electrons. The van der Waals surface area contributed by atoms with Crippen LogP contribution in [-0.2, 0) is 11.2 Å². The van der Waals surface area contributed by atoms with E-state index >= 15 is 0 Å². The Morgan fingerprint density at radius 1 is 1.16 bits per heavy atom. The lowest BCUT2D eigenvalue weighted by Gasteiger charge is -2.31. The summed E-state index contributed by atoms with van der Waals surface area (Å²) in [5, 5.41) is 6.30. The smallest absolute Gasteiger partial charge is 0.234 e. The zero-order valence-electron chi connectivity index (χ0n) is 16.2. The Labute approximate surface area is 153 Å². The molecule has 0 unspecified atom stereocenters. The molecule has 0 saturated carbocycles. The van der Waals surface area contributed by atoms with Crippen molar-refractivity contribution < 1.29 is 4.79 Å². The van der Waals surface area contributed by atoms with Crippen LogP contribution in [-0.4, -0.2) is 50.6 Å². The van der Waals surface area contributed by atoms with Gasteiger partial charge < -0.3 is 10.6 Å². The zero-order chi connectivity index (χ0) is 18.1. The molecule has 2 N–H and O–H groups in total. The summed E-state index contributed by atoms with van der Waals surface area (Å²) in [4.78, 5) is 14.4. The summed E-state index contributed by atoms with van der Waals surface area (Å²) in [5.41, 5.74) is 2.65. The highest BCUT2D eigenvalue weighted by atomic mass is 16.2. The van der Waals surface area contributed by atoms with E-state index in [4.69, 9.17) is 0 Å². The molecular formula is C21H35N3O. The second-order valence-corrected chi connectivity index (χ2v) is 7.61. The number of hydrogen-bond acceptors (Lipinski definition) is 3. The van der Waals surface area contributed by atoms with Crippen LogP contribution < -0.4 is 10.6 Å². The van der Waals surface area contributed by atoms with Gasteiger partial charge in [-0.1, -0.05) is 38.1 Å². The molecule has 1 aromatic carbocycles. The molecule has 1 aliphatic rings. The maximum absolute atomic E-state index is 12.1. The van der Waals surface area contributed by atoms with Gasteiger partial charge in [0.25, 0.3) is 0 Å². The third-order valence-corrected chi connectivity index (χ3v) is 5.26. The molecule has 1 saturated heterocycles. The molecular weight excluding hydrogens is 310 g/mol. The van der Waals surface area contributed by atoms with Crippen LogP contribution in [0.25, 0.3) is 0 Å². The van der Waals surface area contributed by atoms with Crippen molar-refractivity contribution in [3.8, 4) is 0 Å². The monoisotopic (exact) mass is 345 g/mol. The first-order valence-corrected chi connectivity index (χ1v) is 9.81. The SMILES string of the molecule is CNCCC1CCN(CC(=O)NCCc2ccc(C(C)C)cc2)CC1. The topological polar surface area (TPSA) is 44.4 Å². The van der Waals surface area contributed by atoms with Crippen molar-refractivity contribution >= 4 is 5.91 Å². The minimum Gasteiger partial charge on any atom is -0.355 e. The van der Waals surface area contributed by atoms with Crippen molar-refractivity contribution in [2.75, 3.05) is 39.8 Å². The summed E-state index contributed by atoms with van der Waals surface area (Å²) < 4.78 is 0. The Kier molecular flexibility index (Phi) is 8.42. The second kappa shape index (κ2) is 10.6. The minimum atomic E-state index is 0.160. The zero-order valence-corrected chi connectivity index (χ0v) is 16.2. The highest BCUT2D eigenvalue weighted by Crippen LogP contribution is 2.19. The van der Waals surface area contributed by atoms with Crippen LogP contribution in [0.1, 0.15) is 50.2 Å². The highest BCUT2D eigenvalue weighted by Gasteiger charge is 2.20. The first-order valence-electron chi connectivity index (χ1n) is 9.81. The number of rotatable bonds is 9. The molecule has 0 aliphatic carbocycles. The fourth-order valence-corrected chi connectivity index (χ4v) is 3.46. The summed E-state index contributed by atoms with van der Waals surface area (Å²) in [6, 6.07) is 8.74. The third-order valence-electron chi connectivity index (χ3n) is 5.26. The average Bonchev–Trinajstić information content (AvgIpc) is 2.61. The van der Waals surface area contributed by atoms with Crippen LogP contribution in [0, 0.1) is 5.92 Å². The van der Waals surface area contributed by atoms with E-state index in [-0.39, 0.29) is 5.91 Å². The number of carbonyl (C=O) groups is 1. The Morgan fingerprint density at radius 2 is 1.84 bits per heavy atom. The molecule has 1 fully saturated rings. The van der Waals surface area contributed by atoms with Gasteiger partial charge >= 0.3 is 0 Å². The molecule has 25 heavy (non-hydrogen) atoms. The van der Waals surface area contributed by atoms with Crippen LogP contribution in [0.5, 0.6) is 0 Å². The second-order valence-electron chi connectivity index (χ2n) is 7.61. The highest BCUT2D eigenvalue weighted by molar-refractivity contribution is 5.78. The number of nitrogens with one attached hydrogen (secondary N) is 2. The maximum atomic E-state index is 12.1. The van der Waals surface area contributed by atoms with Gasteiger partial charge in [0.05, 0.1) is 6.54 Å². The van der Waals surface area contributed by atoms with Crippen molar-refractivity contribution in [1.29, 1.82) is 0 Å². The number of carbonyl (C=O) groups excluding carboxylic acids is 1. The Morgan fingerprint density at radius 3 is 2.44 bits per heavy atom. The van der Waals surface area contributed by atoms with Gasteiger partial charge in [-0.05, 0) is 75.3 Å². The average molecular weight is 346 g/mol. The molecule has 4 heteroatoms. The van der Waals surface area contributed by atoms with Gasteiger partial charge in [-0.2, -0.15) is 0 Å². The molecule has 1 aromatic rings. The lowest BCUT2D eigenvalue weighted by molar-refractivity contribution is -0.122. The lowest BCUT2D eigenvalue weighted by Crippen LogP contribution is -2.42. The Balaban J connectivity index is 1.61. The number of amides is 1.